The second-order valence-electron chi connectivity index (χ2n) is 7.30. The number of anilines is 1. The van der Waals surface area contributed by atoms with Crippen LogP contribution in [0.25, 0.3) is 0 Å². The van der Waals surface area contributed by atoms with Crippen LogP contribution in [0.15, 0.2) is 54.6 Å². The van der Waals surface area contributed by atoms with E-state index in [2.05, 4.69) is 0 Å². The highest BCUT2D eigenvalue weighted by molar-refractivity contribution is 6.04. The molecule has 156 valence electrons. The molecule has 1 atom stereocenters. The molecule has 4 rings (SSSR count). The van der Waals surface area contributed by atoms with Crippen LogP contribution in [0, 0.1) is 0 Å². The highest BCUT2D eigenvalue weighted by Gasteiger charge is 2.32. The maximum Gasteiger partial charge on any atom is 0.341 e. The maximum atomic E-state index is 13.2. The third-order valence-corrected chi connectivity index (χ3v) is 5.36. The van der Waals surface area contributed by atoms with Gasteiger partial charge in [0.1, 0.15) is 0 Å². The van der Waals surface area contributed by atoms with Gasteiger partial charge in [-0.05, 0) is 18.6 Å². The van der Waals surface area contributed by atoms with Gasteiger partial charge in [0, 0.05) is 31.6 Å². The summed E-state index contributed by atoms with van der Waals surface area (Å²) < 4.78 is 11.1. The molecule has 0 saturated carbocycles. The van der Waals surface area contributed by atoms with Crippen molar-refractivity contribution in [3.05, 3.63) is 65.7 Å². The Labute approximate surface area is 175 Å². The molecule has 2 aromatic carbocycles. The van der Waals surface area contributed by atoms with Crippen molar-refractivity contribution >= 4 is 23.5 Å². The van der Waals surface area contributed by atoms with E-state index in [-0.39, 0.29) is 17.4 Å². The standard InChI is InChI=1S/C23H24N2O5/c26-20-11-6-12-25(20)19-10-5-4-9-18(19)23(28)30-21(17-7-2-1-3-8-17)22(27)24-13-15-29-16-14-24/h1-5,7-10,21H,6,11-16H2/t21-/m1/s1. The topological polar surface area (TPSA) is 76.2 Å². The molecule has 7 heteroatoms. The van der Waals surface area contributed by atoms with Crippen molar-refractivity contribution in [1.82, 2.24) is 4.90 Å². The van der Waals surface area contributed by atoms with Gasteiger partial charge in [-0.25, -0.2) is 4.79 Å². The molecule has 2 heterocycles. The number of amides is 2. The molecule has 2 fully saturated rings. The lowest BCUT2D eigenvalue weighted by atomic mass is 10.1. The van der Waals surface area contributed by atoms with Gasteiger partial charge in [-0.2, -0.15) is 0 Å². The molecule has 7 nitrogen and oxygen atoms in total. The van der Waals surface area contributed by atoms with Crippen molar-refractivity contribution in [2.45, 2.75) is 18.9 Å². The molecular weight excluding hydrogens is 384 g/mol. The molecule has 0 aromatic heterocycles. The molecule has 0 spiro atoms. The molecule has 2 saturated heterocycles. The first kappa shape index (κ1) is 20.1. The molecule has 2 amide bonds. The van der Waals surface area contributed by atoms with Crippen molar-refractivity contribution in [3.8, 4) is 0 Å². The van der Waals surface area contributed by atoms with Crippen molar-refractivity contribution in [2.75, 3.05) is 37.7 Å². The SMILES string of the molecule is O=C(O[C@@H](C(=O)N1CCOCC1)c1ccccc1)c1ccccc1N1CCCC1=O. The Bertz CT molecular complexity index is 924. The van der Waals surface area contributed by atoms with E-state index in [1.165, 1.54) is 0 Å². The molecule has 0 radical (unpaired) electrons. The van der Waals surface area contributed by atoms with Crippen LogP contribution in [0.2, 0.25) is 0 Å². The monoisotopic (exact) mass is 408 g/mol. The average molecular weight is 408 g/mol. The van der Waals surface area contributed by atoms with Crippen LogP contribution in [0.1, 0.15) is 34.9 Å². The smallest absolute Gasteiger partial charge is 0.341 e. The summed E-state index contributed by atoms with van der Waals surface area (Å²) >= 11 is 0. The first-order valence-electron chi connectivity index (χ1n) is 10.2. The van der Waals surface area contributed by atoms with Crippen molar-refractivity contribution in [2.24, 2.45) is 0 Å². The lowest BCUT2D eigenvalue weighted by molar-refractivity contribution is -0.145. The third-order valence-electron chi connectivity index (χ3n) is 5.36. The van der Waals surface area contributed by atoms with Gasteiger partial charge in [-0.3, -0.25) is 9.59 Å². The van der Waals surface area contributed by atoms with E-state index in [4.69, 9.17) is 9.47 Å². The van der Waals surface area contributed by atoms with Crippen LogP contribution in [0.5, 0.6) is 0 Å². The molecule has 0 N–H and O–H groups in total. The fraction of sp³-hybridized carbons (Fsp3) is 0.348. The van der Waals surface area contributed by atoms with Crippen LogP contribution >= 0.6 is 0 Å². The number of carbonyl (C=O) groups is 3. The average Bonchev–Trinajstić information content (AvgIpc) is 3.23. The number of ether oxygens (including phenoxy) is 2. The van der Waals surface area contributed by atoms with Crippen LogP contribution in [-0.4, -0.2) is 55.5 Å². The fourth-order valence-corrected chi connectivity index (χ4v) is 3.79. The molecule has 30 heavy (non-hydrogen) atoms. The Morgan fingerprint density at radius 1 is 0.933 bits per heavy atom. The maximum absolute atomic E-state index is 13.2. The summed E-state index contributed by atoms with van der Waals surface area (Å²) in [6.45, 7) is 2.40. The predicted molar refractivity (Wildman–Crippen MR) is 110 cm³/mol. The molecule has 0 aliphatic carbocycles. The minimum atomic E-state index is -1.06. The summed E-state index contributed by atoms with van der Waals surface area (Å²) in [5, 5.41) is 0. The number of hydrogen-bond acceptors (Lipinski definition) is 5. The fourth-order valence-electron chi connectivity index (χ4n) is 3.79. The molecule has 0 bridgehead atoms. The molecule has 2 aromatic rings. The van der Waals surface area contributed by atoms with Crippen LogP contribution in [0.3, 0.4) is 0 Å². The summed E-state index contributed by atoms with van der Waals surface area (Å²) in [4.78, 5) is 41.8. The molecule has 2 aliphatic heterocycles. The first-order valence-corrected chi connectivity index (χ1v) is 10.2. The number of esters is 1. The van der Waals surface area contributed by atoms with Gasteiger partial charge in [0.15, 0.2) is 0 Å². The highest BCUT2D eigenvalue weighted by atomic mass is 16.5. The predicted octanol–water partition coefficient (Wildman–Crippen LogP) is 2.57. The van der Waals surface area contributed by atoms with Gasteiger partial charge in [-0.1, -0.05) is 42.5 Å². The largest absolute Gasteiger partial charge is 0.444 e. The number of benzene rings is 2. The molecule has 0 unspecified atom stereocenters. The van der Waals surface area contributed by atoms with Crippen molar-refractivity contribution in [3.63, 3.8) is 0 Å². The van der Waals surface area contributed by atoms with E-state index in [1.54, 1.807) is 58.3 Å². The van der Waals surface area contributed by atoms with E-state index in [9.17, 15) is 14.4 Å². The van der Waals surface area contributed by atoms with E-state index < -0.39 is 12.1 Å². The number of rotatable bonds is 5. The quantitative estimate of drug-likeness (QED) is 0.711. The van der Waals surface area contributed by atoms with Gasteiger partial charge < -0.3 is 19.3 Å². The second-order valence-corrected chi connectivity index (χ2v) is 7.30. The zero-order chi connectivity index (χ0) is 20.9. The van der Waals surface area contributed by atoms with Gasteiger partial charge in [0.05, 0.1) is 24.5 Å². The summed E-state index contributed by atoms with van der Waals surface area (Å²) in [6.07, 6.45) is 0.162. The molecular formula is C23H24N2O5. The zero-order valence-electron chi connectivity index (χ0n) is 16.7. The van der Waals surface area contributed by atoms with E-state index in [1.807, 2.05) is 6.07 Å². The Hall–Kier alpha value is -3.19. The number of morpholine rings is 1. The van der Waals surface area contributed by atoms with Crippen molar-refractivity contribution < 1.29 is 23.9 Å². The van der Waals surface area contributed by atoms with Crippen molar-refractivity contribution in [1.29, 1.82) is 0 Å². The van der Waals surface area contributed by atoms with Gasteiger partial charge in [-0.15, -0.1) is 0 Å². The number of nitrogens with zero attached hydrogens (tertiary/aromatic N) is 2. The first-order chi connectivity index (χ1) is 14.6. The summed E-state index contributed by atoms with van der Waals surface area (Å²) in [5.41, 5.74) is 1.41. The normalized spacial score (nSPS) is 17.7. The van der Waals surface area contributed by atoms with Gasteiger partial charge in [0.2, 0.25) is 12.0 Å². The van der Waals surface area contributed by atoms with Gasteiger partial charge >= 0.3 is 5.97 Å². The number of carbonyl (C=O) groups excluding carboxylic acids is 3. The van der Waals surface area contributed by atoms with E-state index in [0.29, 0.717) is 50.5 Å². The second kappa shape index (κ2) is 9.09. The van der Waals surface area contributed by atoms with E-state index in [0.717, 1.165) is 6.42 Å². The Kier molecular flexibility index (Phi) is 6.09. The summed E-state index contributed by atoms with van der Waals surface area (Å²) in [5.74, 6) is -0.910. The van der Waals surface area contributed by atoms with Crippen LogP contribution in [-0.2, 0) is 19.1 Å². The zero-order valence-corrected chi connectivity index (χ0v) is 16.7. The molecule has 2 aliphatic rings. The van der Waals surface area contributed by atoms with Crippen LogP contribution < -0.4 is 4.90 Å². The lowest BCUT2D eigenvalue weighted by Crippen LogP contribution is -2.44. The Morgan fingerprint density at radius 3 is 2.33 bits per heavy atom. The third kappa shape index (κ3) is 4.21. The highest BCUT2D eigenvalue weighted by Crippen LogP contribution is 2.29. The van der Waals surface area contributed by atoms with Crippen LogP contribution in [0.4, 0.5) is 5.69 Å². The Morgan fingerprint density at radius 2 is 1.63 bits per heavy atom. The number of hydrogen-bond donors (Lipinski definition) is 0. The minimum absolute atomic E-state index is 0.0146. The lowest BCUT2D eigenvalue weighted by Gasteiger charge is -2.30. The minimum Gasteiger partial charge on any atom is -0.444 e. The number of para-hydroxylation sites is 1. The summed E-state index contributed by atoms with van der Waals surface area (Å²) in [6, 6.07) is 15.9. The van der Waals surface area contributed by atoms with E-state index >= 15 is 0 Å². The summed E-state index contributed by atoms with van der Waals surface area (Å²) in [7, 11) is 0. The Balaban J connectivity index is 1.61. The van der Waals surface area contributed by atoms with Gasteiger partial charge in [0.25, 0.3) is 5.91 Å².